The van der Waals surface area contributed by atoms with Crippen molar-refractivity contribution in [2.75, 3.05) is 0 Å². The summed E-state index contributed by atoms with van der Waals surface area (Å²) in [6, 6.07) is 8.24. The second-order valence-corrected chi connectivity index (χ2v) is 5.95. The van der Waals surface area contributed by atoms with E-state index in [9.17, 15) is 4.79 Å². The van der Waals surface area contributed by atoms with Crippen LogP contribution in [0.25, 0.3) is 10.9 Å². The van der Waals surface area contributed by atoms with Gasteiger partial charge in [-0.05, 0) is 55.8 Å². The lowest BCUT2D eigenvalue weighted by atomic mass is 9.96. The van der Waals surface area contributed by atoms with Crippen molar-refractivity contribution < 1.29 is 0 Å². The molecule has 0 fully saturated rings. The molecule has 2 rings (SSSR count). The molecule has 19 heavy (non-hydrogen) atoms. The lowest BCUT2D eigenvalue weighted by Crippen LogP contribution is -2.37. The summed E-state index contributed by atoms with van der Waals surface area (Å²) in [7, 11) is 1.82. The molecule has 0 aliphatic rings. The fraction of sp³-hybridized carbons (Fsp3) is 0.438. The number of aromatic nitrogens is 1. The van der Waals surface area contributed by atoms with Gasteiger partial charge in [-0.3, -0.25) is 4.79 Å². The van der Waals surface area contributed by atoms with E-state index in [1.54, 1.807) is 4.57 Å². The van der Waals surface area contributed by atoms with E-state index in [0.717, 1.165) is 22.9 Å². The molecule has 0 unspecified atom stereocenters. The van der Waals surface area contributed by atoms with Crippen LogP contribution >= 0.6 is 0 Å². The van der Waals surface area contributed by atoms with Gasteiger partial charge in [0, 0.05) is 18.2 Å². The molecule has 3 heteroatoms. The standard InChI is InChI=1S/C16H22N2O/c1-5-11-6-7-14-12(8-11)9-13(10-16(2,3)17)15(19)18(14)4/h6-9H,5,10,17H2,1-4H3. The fourth-order valence-electron chi connectivity index (χ4n) is 2.44. The van der Waals surface area contributed by atoms with Crippen LogP contribution < -0.4 is 11.3 Å². The molecule has 102 valence electrons. The van der Waals surface area contributed by atoms with Crippen molar-refractivity contribution in [1.82, 2.24) is 4.57 Å². The maximum Gasteiger partial charge on any atom is 0.254 e. The quantitative estimate of drug-likeness (QED) is 0.919. The summed E-state index contributed by atoms with van der Waals surface area (Å²) < 4.78 is 1.72. The van der Waals surface area contributed by atoms with Crippen molar-refractivity contribution in [3.8, 4) is 0 Å². The van der Waals surface area contributed by atoms with Crippen LogP contribution in [0.1, 0.15) is 31.9 Å². The normalized spacial score (nSPS) is 12.1. The summed E-state index contributed by atoms with van der Waals surface area (Å²) in [6.07, 6.45) is 1.59. The number of hydrogen-bond donors (Lipinski definition) is 1. The second-order valence-electron chi connectivity index (χ2n) is 5.95. The van der Waals surface area contributed by atoms with Crippen molar-refractivity contribution in [1.29, 1.82) is 0 Å². The molecule has 0 amide bonds. The SMILES string of the molecule is CCc1ccc2c(c1)cc(CC(C)(C)N)c(=O)n2C. The molecule has 1 heterocycles. The maximum atomic E-state index is 12.3. The van der Waals surface area contributed by atoms with E-state index in [-0.39, 0.29) is 11.1 Å². The zero-order chi connectivity index (χ0) is 14.2. The van der Waals surface area contributed by atoms with Crippen LogP contribution in [0.5, 0.6) is 0 Å². The average molecular weight is 258 g/mol. The van der Waals surface area contributed by atoms with Crippen LogP contribution in [0, 0.1) is 0 Å². The Hall–Kier alpha value is -1.61. The molecule has 2 aromatic rings. The number of rotatable bonds is 3. The molecule has 0 saturated carbocycles. The van der Waals surface area contributed by atoms with Gasteiger partial charge in [-0.25, -0.2) is 0 Å². The van der Waals surface area contributed by atoms with Crippen LogP contribution in [0.3, 0.4) is 0 Å². The van der Waals surface area contributed by atoms with E-state index < -0.39 is 0 Å². The summed E-state index contributed by atoms with van der Waals surface area (Å²) in [5.74, 6) is 0. The highest BCUT2D eigenvalue weighted by atomic mass is 16.1. The molecular formula is C16H22N2O. The van der Waals surface area contributed by atoms with Gasteiger partial charge in [0.2, 0.25) is 0 Å². The first-order chi connectivity index (χ1) is 8.81. The topological polar surface area (TPSA) is 48.0 Å². The van der Waals surface area contributed by atoms with E-state index in [1.165, 1.54) is 5.56 Å². The molecule has 0 aliphatic heterocycles. The van der Waals surface area contributed by atoms with Crippen molar-refractivity contribution in [3.05, 3.63) is 45.7 Å². The Bertz CT molecular complexity index is 663. The predicted molar refractivity (Wildman–Crippen MR) is 80.5 cm³/mol. The van der Waals surface area contributed by atoms with Crippen molar-refractivity contribution in [2.45, 2.75) is 39.2 Å². The van der Waals surface area contributed by atoms with Gasteiger partial charge >= 0.3 is 0 Å². The molecule has 0 aliphatic carbocycles. The first-order valence-electron chi connectivity index (χ1n) is 6.72. The van der Waals surface area contributed by atoms with Crippen LogP contribution in [0.15, 0.2) is 29.1 Å². The summed E-state index contributed by atoms with van der Waals surface area (Å²) in [5.41, 5.74) is 8.76. The van der Waals surface area contributed by atoms with Gasteiger partial charge in [-0.1, -0.05) is 13.0 Å². The number of benzene rings is 1. The van der Waals surface area contributed by atoms with Gasteiger partial charge in [0.15, 0.2) is 0 Å². The molecule has 2 N–H and O–H groups in total. The van der Waals surface area contributed by atoms with Crippen molar-refractivity contribution in [2.24, 2.45) is 12.8 Å². The van der Waals surface area contributed by atoms with Crippen LogP contribution in [0.2, 0.25) is 0 Å². The highest BCUT2D eigenvalue weighted by molar-refractivity contribution is 5.80. The molecule has 0 bridgehead atoms. The first-order valence-corrected chi connectivity index (χ1v) is 6.72. The highest BCUT2D eigenvalue weighted by Gasteiger charge is 2.16. The molecule has 0 saturated heterocycles. The van der Waals surface area contributed by atoms with Gasteiger partial charge in [-0.2, -0.15) is 0 Å². The van der Waals surface area contributed by atoms with Gasteiger partial charge in [0.05, 0.1) is 5.52 Å². The van der Waals surface area contributed by atoms with Gasteiger partial charge in [0.1, 0.15) is 0 Å². The third-order valence-electron chi connectivity index (χ3n) is 3.42. The number of aryl methyl sites for hydroxylation is 2. The van der Waals surface area contributed by atoms with Crippen LogP contribution in [0.4, 0.5) is 0 Å². The van der Waals surface area contributed by atoms with E-state index >= 15 is 0 Å². The van der Waals surface area contributed by atoms with Crippen LogP contribution in [-0.4, -0.2) is 10.1 Å². The van der Waals surface area contributed by atoms with E-state index in [2.05, 4.69) is 19.1 Å². The Morgan fingerprint density at radius 3 is 2.53 bits per heavy atom. The van der Waals surface area contributed by atoms with Gasteiger partial charge in [-0.15, -0.1) is 0 Å². The minimum absolute atomic E-state index is 0.0512. The number of pyridine rings is 1. The first kappa shape index (κ1) is 13.8. The number of hydrogen-bond acceptors (Lipinski definition) is 2. The monoisotopic (exact) mass is 258 g/mol. The Balaban J connectivity index is 2.66. The molecular weight excluding hydrogens is 236 g/mol. The Labute approximate surface area is 114 Å². The smallest absolute Gasteiger partial charge is 0.254 e. The third kappa shape index (κ3) is 2.87. The molecule has 0 radical (unpaired) electrons. The summed E-state index contributed by atoms with van der Waals surface area (Å²) in [4.78, 5) is 12.3. The minimum Gasteiger partial charge on any atom is -0.325 e. The molecule has 0 spiro atoms. The third-order valence-corrected chi connectivity index (χ3v) is 3.42. The summed E-state index contributed by atoms with van der Waals surface area (Å²) in [5, 5.41) is 1.11. The predicted octanol–water partition coefficient (Wildman–Crippen LogP) is 2.38. The molecule has 3 nitrogen and oxygen atoms in total. The molecule has 0 atom stereocenters. The highest BCUT2D eigenvalue weighted by Crippen LogP contribution is 2.17. The summed E-state index contributed by atoms with van der Waals surface area (Å²) >= 11 is 0. The number of nitrogens with zero attached hydrogens (tertiary/aromatic N) is 1. The van der Waals surface area contributed by atoms with E-state index in [4.69, 9.17) is 5.73 Å². The van der Waals surface area contributed by atoms with Crippen LogP contribution in [-0.2, 0) is 19.9 Å². The second kappa shape index (κ2) is 4.82. The fourth-order valence-corrected chi connectivity index (χ4v) is 2.44. The Morgan fingerprint density at radius 2 is 1.95 bits per heavy atom. The average Bonchev–Trinajstić information content (AvgIpc) is 2.33. The molecule has 1 aromatic carbocycles. The van der Waals surface area contributed by atoms with Crippen molar-refractivity contribution >= 4 is 10.9 Å². The van der Waals surface area contributed by atoms with Crippen molar-refractivity contribution in [3.63, 3.8) is 0 Å². The van der Waals surface area contributed by atoms with Gasteiger partial charge in [0.25, 0.3) is 5.56 Å². The van der Waals surface area contributed by atoms with E-state index in [0.29, 0.717) is 6.42 Å². The zero-order valence-corrected chi connectivity index (χ0v) is 12.2. The number of nitrogens with two attached hydrogens (primary N) is 1. The lowest BCUT2D eigenvalue weighted by Gasteiger charge is -2.19. The van der Waals surface area contributed by atoms with E-state index in [1.807, 2.05) is 33.0 Å². The zero-order valence-electron chi connectivity index (χ0n) is 12.2. The largest absolute Gasteiger partial charge is 0.325 e. The van der Waals surface area contributed by atoms with Gasteiger partial charge < -0.3 is 10.3 Å². The maximum absolute atomic E-state index is 12.3. The Morgan fingerprint density at radius 1 is 1.26 bits per heavy atom. The molecule has 1 aromatic heterocycles. The summed E-state index contributed by atoms with van der Waals surface area (Å²) in [6.45, 7) is 6.02. The lowest BCUT2D eigenvalue weighted by molar-refractivity contribution is 0.513. The minimum atomic E-state index is -0.373. The number of fused-ring (bicyclic) bond motifs is 1. The Kier molecular flexibility index (Phi) is 3.50.